The van der Waals surface area contributed by atoms with Crippen molar-refractivity contribution in [2.24, 2.45) is 0 Å². The van der Waals surface area contributed by atoms with Gasteiger partial charge < -0.3 is 10.3 Å². The lowest BCUT2D eigenvalue weighted by Crippen LogP contribution is -2.46. The molecular formula is C20H24ClFN6O2S. The number of halogens is 2. The van der Waals surface area contributed by atoms with E-state index in [4.69, 9.17) is 11.6 Å². The molecule has 0 aromatic carbocycles. The summed E-state index contributed by atoms with van der Waals surface area (Å²) in [4.78, 5) is 15.7. The molecule has 0 unspecified atom stereocenters. The second kappa shape index (κ2) is 9.05. The molecule has 166 valence electrons. The minimum Gasteiger partial charge on any atom is -0.363 e. The van der Waals surface area contributed by atoms with Gasteiger partial charge in [-0.2, -0.15) is 4.31 Å². The summed E-state index contributed by atoms with van der Waals surface area (Å²) in [5.74, 6) is -0.0837. The van der Waals surface area contributed by atoms with Gasteiger partial charge in [-0.15, -0.1) is 0 Å². The van der Waals surface area contributed by atoms with E-state index in [9.17, 15) is 12.8 Å². The number of hydrogen-bond acceptors (Lipinski definition) is 6. The summed E-state index contributed by atoms with van der Waals surface area (Å²) in [5, 5.41) is 4.29. The Labute approximate surface area is 185 Å². The van der Waals surface area contributed by atoms with E-state index >= 15 is 0 Å². The maximum atomic E-state index is 14.5. The van der Waals surface area contributed by atoms with Crippen molar-refractivity contribution in [3.8, 4) is 11.4 Å². The van der Waals surface area contributed by atoms with E-state index < -0.39 is 15.8 Å². The Kier molecular flexibility index (Phi) is 6.40. The van der Waals surface area contributed by atoms with Crippen LogP contribution in [-0.2, 0) is 10.0 Å². The molecule has 1 saturated heterocycles. The number of pyridine rings is 1. The van der Waals surface area contributed by atoms with Crippen molar-refractivity contribution in [3.05, 3.63) is 35.5 Å². The molecule has 4 rings (SSSR count). The van der Waals surface area contributed by atoms with Crippen LogP contribution in [0.1, 0.15) is 32.6 Å². The van der Waals surface area contributed by atoms with Crippen LogP contribution in [0.15, 0.2) is 24.7 Å². The van der Waals surface area contributed by atoms with Crippen LogP contribution in [-0.4, -0.2) is 57.5 Å². The van der Waals surface area contributed by atoms with Gasteiger partial charge in [-0.1, -0.05) is 24.9 Å². The van der Waals surface area contributed by atoms with Crippen molar-refractivity contribution in [1.82, 2.24) is 24.2 Å². The molecule has 3 aromatic rings. The Morgan fingerprint density at radius 3 is 3.00 bits per heavy atom. The standard InChI is InChI=1S/C20H24ClFN6O2S/c1-2-3-7-31(29,30)28-6-4-5-14(12-28)26-20-17(22)11-25-19(27-20)16-10-24-18-15(16)8-13(21)9-23-18/h8-11,14H,2-7,12H2,1H3,(H,23,24)(H,25,26,27)/t14-/m0/s1. The van der Waals surface area contributed by atoms with E-state index in [1.165, 1.54) is 10.5 Å². The lowest BCUT2D eigenvalue weighted by molar-refractivity contribution is 0.326. The lowest BCUT2D eigenvalue weighted by Gasteiger charge is -2.32. The first-order valence-electron chi connectivity index (χ1n) is 10.3. The number of rotatable bonds is 7. The number of fused-ring (bicyclic) bond motifs is 1. The summed E-state index contributed by atoms with van der Waals surface area (Å²) < 4.78 is 41.1. The first kappa shape index (κ1) is 21.9. The first-order valence-corrected chi connectivity index (χ1v) is 12.3. The predicted molar refractivity (Wildman–Crippen MR) is 119 cm³/mol. The number of sulfonamides is 1. The van der Waals surface area contributed by atoms with Crippen LogP contribution in [0.5, 0.6) is 0 Å². The van der Waals surface area contributed by atoms with Crippen LogP contribution >= 0.6 is 11.6 Å². The van der Waals surface area contributed by atoms with Gasteiger partial charge in [0.1, 0.15) is 5.65 Å². The number of piperidine rings is 1. The van der Waals surface area contributed by atoms with Crippen LogP contribution < -0.4 is 5.32 Å². The summed E-state index contributed by atoms with van der Waals surface area (Å²) >= 11 is 6.06. The highest BCUT2D eigenvalue weighted by atomic mass is 35.5. The van der Waals surface area contributed by atoms with Gasteiger partial charge in [0.05, 0.1) is 17.0 Å². The number of hydrogen-bond donors (Lipinski definition) is 2. The predicted octanol–water partition coefficient (Wildman–Crippen LogP) is 3.82. The number of nitrogens with zero attached hydrogens (tertiary/aromatic N) is 4. The Morgan fingerprint density at radius 1 is 1.35 bits per heavy atom. The van der Waals surface area contributed by atoms with E-state index in [0.29, 0.717) is 41.4 Å². The van der Waals surface area contributed by atoms with Crippen LogP contribution in [0, 0.1) is 5.82 Å². The molecule has 0 bridgehead atoms. The Bertz CT molecular complexity index is 1190. The maximum Gasteiger partial charge on any atom is 0.214 e. The van der Waals surface area contributed by atoms with Gasteiger partial charge >= 0.3 is 0 Å². The van der Waals surface area contributed by atoms with E-state index in [0.717, 1.165) is 24.4 Å². The van der Waals surface area contributed by atoms with Gasteiger partial charge in [0.15, 0.2) is 17.5 Å². The molecule has 3 aromatic heterocycles. The molecule has 1 atom stereocenters. The van der Waals surface area contributed by atoms with E-state index in [-0.39, 0.29) is 24.2 Å². The number of aromatic amines is 1. The summed E-state index contributed by atoms with van der Waals surface area (Å²) in [6.45, 7) is 2.74. The SMILES string of the molecule is CCCCS(=O)(=O)N1CCC[C@H](Nc2nc(-c3c[nH]c4ncc(Cl)cc34)ncc2F)C1. The minimum absolute atomic E-state index is 0.0483. The molecule has 0 saturated carbocycles. The number of anilines is 1. The normalized spacial score (nSPS) is 17.8. The van der Waals surface area contributed by atoms with Gasteiger partial charge in [-0.3, -0.25) is 0 Å². The summed E-state index contributed by atoms with van der Waals surface area (Å²) in [7, 11) is -3.31. The molecule has 0 spiro atoms. The average molecular weight is 467 g/mol. The highest BCUT2D eigenvalue weighted by molar-refractivity contribution is 7.89. The fraction of sp³-hybridized carbons (Fsp3) is 0.450. The van der Waals surface area contributed by atoms with Gasteiger partial charge in [-0.25, -0.2) is 27.8 Å². The highest BCUT2D eigenvalue weighted by Gasteiger charge is 2.29. The van der Waals surface area contributed by atoms with Gasteiger partial charge in [0.2, 0.25) is 10.0 Å². The number of unbranched alkanes of at least 4 members (excludes halogenated alkanes) is 1. The number of nitrogens with one attached hydrogen (secondary N) is 2. The minimum atomic E-state index is -3.31. The smallest absolute Gasteiger partial charge is 0.214 e. The zero-order valence-electron chi connectivity index (χ0n) is 17.1. The number of aromatic nitrogens is 4. The fourth-order valence-corrected chi connectivity index (χ4v) is 5.61. The summed E-state index contributed by atoms with van der Waals surface area (Å²) in [6.07, 6.45) is 7.22. The second-order valence-electron chi connectivity index (χ2n) is 7.65. The molecule has 1 aliphatic heterocycles. The molecule has 4 heterocycles. The van der Waals surface area contributed by atoms with Crippen molar-refractivity contribution in [2.45, 2.75) is 38.6 Å². The maximum absolute atomic E-state index is 14.5. The molecule has 0 amide bonds. The van der Waals surface area contributed by atoms with Crippen molar-refractivity contribution >= 4 is 38.5 Å². The summed E-state index contributed by atoms with van der Waals surface area (Å²) in [5.41, 5.74) is 1.28. The molecule has 2 N–H and O–H groups in total. The zero-order valence-corrected chi connectivity index (χ0v) is 18.7. The molecule has 11 heteroatoms. The van der Waals surface area contributed by atoms with Crippen molar-refractivity contribution in [1.29, 1.82) is 0 Å². The monoisotopic (exact) mass is 466 g/mol. The summed E-state index contributed by atoms with van der Waals surface area (Å²) in [6, 6.07) is 1.51. The largest absolute Gasteiger partial charge is 0.363 e. The molecule has 0 radical (unpaired) electrons. The van der Waals surface area contributed by atoms with Gasteiger partial charge in [-0.05, 0) is 25.3 Å². The average Bonchev–Trinajstić information content (AvgIpc) is 3.17. The van der Waals surface area contributed by atoms with Gasteiger partial charge in [0, 0.05) is 42.5 Å². The van der Waals surface area contributed by atoms with Crippen LogP contribution in [0.25, 0.3) is 22.4 Å². The van der Waals surface area contributed by atoms with Crippen molar-refractivity contribution in [2.75, 3.05) is 24.2 Å². The quantitative estimate of drug-likeness (QED) is 0.548. The van der Waals surface area contributed by atoms with Crippen LogP contribution in [0.4, 0.5) is 10.2 Å². The molecular weight excluding hydrogens is 443 g/mol. The molecule has 1 aliphatic rings. The van der Waals surface area contributed by atoms with Crippen molar-refractivity contribution < 1.29 is 12.8 Å². The third-order valence-corrected chi connectivity index (χ3v) is 7.49. The van der Waals surface area contributed by atoms with E-state index in [2.05, 4.69) is 25.3 Å². The Morgan fingerprint density at radius 2 is 2.19 bits per heavy atom. The molecule has 1 fully saturated rings. The van der Waals surface area contributed by atoms with Crippen LogP contribution in [0.2, 0.25) is 5.02 Å². The van der Waals surface area contributed by atoms with Crippen molar-refractivity contribution in [3.63, 3.8) is 0 Å². The Hall–Kier alpha value is -2.30. The third-order valence-electron chi connectivity index (χ3n) is 5.36. The van der Waals surface area contributed by atoms with Crippen LogP contribution in [0.3, 0.4) is 0 Å². The number of H-pyrrole nitrogens is 1. The topological polar surface area (TPSA) is 104 Å². The van der Waals surface area contributed by atoms with E-state index in [1.807, 2.05) is 6.92 Å². The van der Waals surface area contributed by atoms with Gasteiger partial charge in [0.25, 0.3) is 0 Å². The molecule has 8 nitrogen and oxygen atoms in total. The Balaban J connectivity index is 1.56. The van der Waals surface area contributed by atoms with E-state index in [1.54, 1.807) is 12.3 Å². The molecule has 0 aliphatic carbocycles. The zero-order chi connectivity index (χ0) is 22.0. The third kappa shape index (κ3) is 4.81. The fourth-order valence-electron chi connectivity index (χ4n) is 3.72. The molecule has 31 heavy (non-hydrogen) atoms. The first-order chi connectivity index (χ1) is 14.9. The highest BCUT2D eigenvalue weighted by Crippen LogP contribution is 2.28. The lowest BCUT2D eigenvalue weighted by atomic mass is 10.1. The second-order valence-corrected chi connectivity index (χ2v) is 10.2.